The average molecular weight is 341 g/mol. The van der Waals surface area contributed by atoms with Gasteiger partial charge in [0.1, 0.15) is 5.82 Å². The van der Waals surface area contributed by atoms with Gasteiger partial charge in [-0.3, -0.25) is 4.90 Å². The summed E-state index contributed by atoms with van der Waals surface area (Å²) in [6, 6.07) is 12.5. The Balaban J connectivity index is 1.52. The summed E-state index contributed by atoms with van der Waals surface area (Å²) in [5.41, 5.74) is 4.24. The Kier molecular flexibility index (Phi) is 5.34. The number of urea groups is 1. The molecule has 1 fully saturated rings. The summed E-state index contributed by atoms with van der Waals surface area (Å²) in [7, 11) is 0. The van der Waals surface area contributed by atoms with Crippen molar-refractivity contribution in [3.63, 3.8) is 0 Å². The van der Waals surface area contributed by atoms with Crippen molar-refractivity contribution in [1.82, 2.24) is 9.80 Å². The maximum Gasteiger partial charge on any atom is 0.321 e. The van der Waals surface area contributed by atoms with Gasteiger partial charge in [-0.2, -0.15) is 0 Å². The van der Waals surface area contributed by atoms with Gasteiger partial charge in [0.25, 0.3) is 0 Å². The highest BCUT2D eigenvalue weighted by Crippen LogP contribution is 2.19. The molecule has 0 radical (unpaired) electrons. The van der Waals surface area contributed by atoms with Gasteiger partial charge in [-0.1, -0.05) is 24.3 Å². The topological polar surface area (TPSA) is 35.6 Å². The van der Waals surface area contributed by atoms with E-state index in [0.29, 0.717) is 13.1 Å². The van der Waals surface area contributed by atoms with Gasteiger partial charge in [-0.05, 0) is 48.7 Å². The molecule has 1 aliphatic rings. The summed E-state index contributed by atoms with van der Waals surface area (Å²) < 4.78 is 13.0. The van der Waals surface area contributed by atoms with E-state index in [4.69, 9.17) is 0 Å². The van der Waals surface area contributed by atoms with Crippen molar-refractivity contribution < 1.29 is 9.18 Å². The number of nitrogens with zero attached hydrogens (tertiary/aromatic N) is 2. The summed E-state index contributed by atoms with van der Waals surface area (Å²) in [4.78, 5) is 16.6. The minimum absolute atomic E-state index is 0.0462. The normalized spacial score (nSPS) is 15.2. The molecule has 2 amide bonds. The van der Waals surface area contributed by atoms with Crippen LogP contribution in [-0.2, 0) is 6.54 Å². The molecular formula is C20H24FN3O. The molecule has 5 heteroatoms. The lowest BCUT2D eigenvalue weighted by atomic mass is 10.1. The molecule has 0 unspecified atom stereocenters. The molecule has 1 N–H and O–H groups in total. The Bertz CT molecular complexity index is 737. The highest BCUT2D eigenvalue weighted by Gasteiger charge is 2.21. The van der Waals surface area contributed by atoms with Gasteiger partial charge in [0, 0.05) is 38.4 Å². The molecule has 0 atom stereocenters. The summed E-state index contributed by atoms with van der Waals surface area (Å²) in [6.07, 6.45) is 0. The lowest BCUT2D eigenvalue weighted by Crippen LogP contribution is -2.49. The van der Waals surface area contributed by atoms with E-state index in [1.165, 1.54) is 17.7 Å². The maximum atomic E-state index is 13.0. The number of halogens is 1. The van der Waals surface area contributed by atoms with Gasteiger partial charge in [0.05, 0.1) is 0 Å². The molecule has 0 spiro atoms. The smallest absolute Gasteiger partial charge is 0.321 e. The summed E-state index contributed by atoms with van der Waals surface area (Å²) in [6.45, 7) is 7.86. The fourth-order valence-corrected chi connectivity index (χ4v) is 3.04. The molecule has 4 nitrogen and oxygen atoms in total. The molecular weight excluding hydrogens is 317 g/mol. The number of anilines is 1. The van der Waals surface area contributed by atoms with Crippen LogP contribution in [0.2, 0.25) is 0 Å². The minimum atomic E-state index is -0.211. The van der Waals surface area contributed by atoms with E-state index in [-0.39, 0.29) is 11.8 Å². The Morgan fingerprint density at radius 2 is 1.72 bits per heavy atom. The van der Waals surface area contributed by atoms with Crippen LogP contribution in [0.15, 0.2) is 42.5 Å². The lowest BCUT2D eigenvalue weighted by Gasteiger charge is -2.34. The van der Waals surface area contributed by atoms with E-state index < -0.39 is 0 Å². The molecule has 0 saturated carbocycles. The quantitative estimate of drug-likeness (QED) is 0.922. The average Bonchev–Trinajstić information content (AvgIpc) is 2.61. The van der Waals surface area contributed by atoms with Crippen molar-refractivity contribution in [2.24, 2.45) is 0 Å². The van der Waals surface area contributed by atoms with E-state index in [1.54, 1.807) is 0 Å². The van der Waals surface area contributed by atoms with Gasteiger partial charge in [0.2, 0.25) is 0 Å². The zero-order valence-corrected chi connectivity index (χ0v) is 14.8. The van der Waals surface area contributed by atoms with Gasteiger partial charge >= 0.3 is 6.03 Å². The molecule has 1 saturated heterocycles. The van der Waals surface area contributed by atoms with Crippen molar-refractivity contribution in [3.8, 4) is 0 Å². The monoisotopic (exact) mass is 341 g/mol. The van der Waals surface area contributed by atoms with Gasteiger partial charge in [-0.25, -0.2) is 9.18 Å². The summed E-state index contributed by atoms with van der Waals surface area (Å²) in [5.74, 6) is -0.211. The van der Waals surface area contributed by atoms with Gasteiger partial charge in [-0.15, -0.1) is 0 Å². The first-order valence-corrected chi connectivity index (χ1v) is 8.62. The van der Waals surface area contributed by atoms with E-state index in [9.17, 15) is 9.18 Å². The molecule has 132 valence electrons. The number of piperazine rings is 1. The van der Waals surface area contributed by atoms with E-state index >= 15 is 0 Å². The zero-order chi connectivity index (χ0) is 17.8. The first kappa shape index (κ1) is 17.4. The highest BCUT2D eigenvalue weighted by molar-refractivity contribution is 5.90. The molecule has 2 aromatic carbocycles. The second-order valence-electron chi connectivity index (χ2n) is 6.57. The SMILES string of the molecule is Cc1cccc(NC(=O)N2CCN(Cc3ccc(F)cc3)CC2)c1C. The Morgan fingerprint density at radius 3 is 2.40 bits per heavy atom. The van der Waals surface area contributed by atoms with Crippen LogP contribution in [0.25, 0.3) is 0 Å². The molecule has 3 rings (SSSR count). The lowest BCUT2D eigenvalue weighted by molar-refractivity contribution is 0.143. The number of amides is 2. The fraction of sp³-hybridized carbons (Fsp3) is 0.350. The summed E-state index contributed by atoms with van der Waals surface area (Å²) in [5, 5.41) is 3.02. The van der Waals surface area contributed by atoms with Crippen molar-refractivity contribution >= 4 is 11.7 Å². The first-order chi connectivity index (χ1) is 12.0. The number of aryl methyl sites for hydroxylation is 1. The Morgan fingerprint density at radius 1 is 1.04 bits per heavy atom. The number of nitrogens with one attached hydrogen (secondary N) is 1. The first-order valence-electron chi connectivity index (χ1n) is 8.62. The standard InChI is InChI=1S/C20H24FN3O/c1-15-4-3-5-19(16(15)2)22-20(25)24-12-10-23(11-13-24)14-17-6-8-18(21)9-7-17/h3-9H,10-14H2,1-2H3,(H,22,25). The zero-order valence-electron chi connectivity index (χ0n) is 14.8. The third-order valence-corrected chi connectivity index (χ3v) is 4.83. The van der Waals surface area contributed by atoms with Crippen molar-refractivity contribution in [1.29, 1.82) is 0 Å². The second kappa shape index (κ2) is 7.66. The number of hydrogen-bond acceptors (Lipinski definition) is 2. The molecule has 25 heavy (non-hydrogen) atoms. The van der Waals surface area contributed by atoms with Crippen molar-refractivity contribution in [2.75, 3.05) is 31.5 Å². The van der Waals surface area contributed by atoms with Gasteiger partial charge in [0.15, 0.2) is 0 Å². The number of rotatable bonds is 3. The third-order valence-electron chi connectivity index (χ3n) is 4.83. The minimum Gasteiger partial charge on any atom is -0.322 e. The van der Waals surface area contributed by atoms with Crippen LogP contribution in [0.1, 0.15) is 16.7 Å². The predicted molar refractivity (Wildman–Crippen MR) is 98.2 cm³/mol. The maximum absolute atomic E-state index is 13.0. The number of carbonyl (C=O) groups excluding carboxylic acids is 1. The van der Waals surface area contributed by atoms with Crippen molar-refractivity contribution in [3.05, 3.63) is 65.0 Å². The largest absolute Gasteiger partial charge is 0.322 e. The Labute approximate surface area is 148 Å². The van der Waals surface area contributed by atoms with Crippen LogP contribution in [-0.4, -0.2) is 42.0 Å². The van der Waals surface area contributed by atoms with E-state index in [0.717, 1.165) is 36.4 Å². The molecule has 1 aliphatic heterocycles. The number of benzene rings is 2. The van der Waals surface area contributed by atoms with Gasteiger partial charge < -0.3 is 10.2 Å². The predicted octanol–water partition coefficient (Wildman–Crippen LogP) is 3.79. The molecule has 0 aromatic heterocycles. The second-order valence-corrected chi connectivity index (χ2v) is 6.57. The third kappa shape index (κ3) is 4.37. The molecule has 2 aromatic rings. The van der Waals surface area contributed by atoms with E-state index in [1.807, 2.05) is 49.1 Å². The van der Waals surface area contributed by atoms with Crippen LogP contribution in [0, 0.1) is 19.7 Å². The Hall–Kier alpha value is -2.40. The molecule has 0 aliphatic carbocycles. The summed E-state index contributed by atoms with van der Waals surface area (Å²) >= 11 is 0. The van der Waals surface area contributed by atoms with Crippen molar-refractivity contribution in [2.45, 2.75) is 20.4 Å². The van der Waals surface area contributed by atoms with Crippen LogP contribution < -0.4 is 5.32 Å². The number of carbonyl (C=O) groups is 1. The van der Waals surface area contributed by atoms with Crippen LogP contribution >= 0.6 is 0 Å². The molecule has 0 bridgehead atoms. The van der Waals surface area contributed by atoms with Crippen LogP contribution in [0.5, 0.6) is 0 Å². The van der Waals surface area contributed by atoms with Crippen LogP contribution in [0.3, 0.4) is 0 Å². The fourth-order valence-electron chi connectivity index (χ4n) is 3.04. The number of hydrogen-bond donors (Lipinski definition) is 1. The van der Waals surface area contributed by atoms with E-state index in [2.05, 4.69) is 10.2 Å². The highest BCUT2D eigenvalue weighted by atomic mass is 19.1. The van der Waals surface area contributed by atoms with Crippen LogP contribution in [0.4, 0.5) is 14.9 Å². The molecule has 1 heterocycles.